The molecule has 2 amide bonds. The van der Waals surface area contributed by atoms with Crippen molar-refractivity contribution in [2.24, 2.45) is 0 Å². The maximum atomic E-state index is 12.6. The number of aliphatic carboxylic acids is 1. The Balaban J connectivity index is 1.45. The maximum Gasteiger partial charge on any atom is 0.411 e. The fraction of sp³-hybridized carbons (Fsp3) is 0.192. The Morgan fingerprint density at radius 3 is 2.15 bits per heavy atom. The molecule has 3 N–H and O–H groups in total. The number of amides is 2. The topological polar surface area (TPSA) is 105 Å². The van der Waals surface area contributed by atoms with Crippen molar-refractivity contribution in [3.63, 3.8) is 0 Å². The fourth-order valence-electron chi connectivity index (χ4n) is 3.93. The van der Waals surface area contributed by atoms with Gasteiger partial charge in [0.2, 0.25) is 0 Å². The van der Waals surface area contributed by atoms with E-state index >= 15 is 0 Å². The molecule has 0 saturated carbocycles. The summed E-state index contributed by atoms with van der Waals surface area (Å²) in [5.41, 5.74) is 3.58. The van der Waals surface area contributed by atoms with Crippen LogP contribution < -0.4 is 10.6 Å². The van der Waals surface area contributed by atoms with Crippen LogP contribution in [0, 0.1) is 0 Å². The number of carboxylic acids is 1. The van der Waals surface area contributed by atoms with Crippen molar-refractivity contribution < 1.29 is 24.2 Å². The van der Waals surface area contributed by atoms with E-state index in [9.17, 15) is 19.5 Å². The first-order valence-electron chi connectivity index (χ1n) is 10.6. The van der Waals surface area contributed by atoms with Crippen LogP contribution in [0.4, 0.5) is 10.5 Å². The molecule has 3 aromatic rings. The molecule has 0 saturated heterocycles. The Morgan fingerprint density at radius 2 is 1.56 bits per heavy atom. The second kappa shape index (κ2) is 9.30. The maximum absolute atomic E-state index is 12.6. The lowest BCUT2D eigenvalue weighted by Gasteiger charge is -2.21. The molecule has 34 heavy (non-hydrogen) atoms. The van der Waals surface area contributed by atoms with E-state index in [0.29, 0.717) is 10.2 Å². The smallest absolute Gasteiger partial charge is 0.411 e. The van der Waals surface area contributed by atoms with Gasteiger partial charge in [0.1, 0.15) is 12.1 Å². The molecule has 174 valence electrons. The normalized spacial score (nSPS) is 12.4. The van der Waals surface area contributed by atoms with E-state index < -0.39 is 23.5 Å². The van der Waals surface area contributed by atoms with Crippen molar-refractivity contribution in [2.45, 2.75) is 25.3 Å². The number of nitrogens with one attached hydrogen (secondary N) is 2. The highest BCUT2D eigenvalue weighted by Crippen LogP contribution is 2.44. The summed E-state index contributed by atoms with van der Waals surface area (Å²) in [6, 6.07) is 20.8. The van der Waals surface area contributed by atoms with E-state index in [1.165, 1.54) is 19.9 Å². The molecule has 8 heteroatoms. The number of carbonyl (C=O) groups excluding carboxylic acids is 2. The molecule has 7 nitrogen and oxygen atoms in total. The van der Waals surface area contributed by atoms with Crippen molar-refractivity contribution in [1.82, 2.24) is 5.32 Å². The number of carboxylic acid groups (broad SMARTS) is 1. The zero-order chi connectivity index (χ0) is 24.5. The van der Waals surface area contributed by atoms with Gasteiger partial charge in [-0.3, -0.25) is 10.1 Å². The van der Waals surface area contributed by atoms with Crippen LogP contribution in [-0.2, 0) is 9.53 Å². The van der Waals surface area contributed by atoms with Gasteiger partial charge in [-0.05, 0) is 70.2 Å². The molecule has 0 bridgehead atoms. The molecule has 0 heterocycles. The largest absolute Gasteiger partial charge is 0.480 e. The molecule has 0 fully saturated rings. The zero-order valence-corrected chi connectivity index (χ0v) is 20.2. The number of ether oxygens (including phenoxy) is 1. The van der Waals surface area contributed by atoms with Gasteiger partial charge in [0, 0.05) is 16.1 Å². The number of anilines is 1. The van der Waals surface area contributed by atoms with E-state index in [-0.39, 0.29) is 18.1 Å². The first-order chi connectivity index (χ1) is 16.2. The Hall–Kier alpha value is -3.65. The number of rotatable bonds is 6. The summed E-state index contributed by atoms with van der Waals surface area (Å²) in [7, 11) is 0. The van der Waals surface area contributed by atoms with Crippen molar-refractivity contribution in [1.29, 1.82) is 0 Å². The quantitative estimate of drug-likeness (QED) is 0.401. The average Bonchev–Trinajstić information content (AvgIpc) is 3.12. The molecule has 1 aliphatic rings. The third kappa shape index (κ3) is 4.68. The summed E-state index contributed by atoms with van der Waals surface area (Å²) < 4.78 is 6.01. The van der Waals surface area contributed by atoms with E-state index in [0.717, 1.165) is 22.3 Å². The SMILES string of the molecule is CC(C)(NC(=O)c1cc(NC(=O)OCC2c3ccccc3-c3ccccc32)ccc1Br)C(=O)O. The van der Waals surface area contributed by atoms with Crippen molar-refractivity contribution in [2.75, 3.05) is 11.9 Å². The number of benzene rings is 3. The first kappa shape index (κ1) is 23.5. The first-order valence-corrected chi connectivity index (χ1v) is 11.4. The van der Waals surface area contributed by atoms with Gasteiger partial charge in [-0.15, -0.1) is 0 Å². The van der Waals surface area contributed by atoms with Gasteiger partial charge < -0.3 is 15.2 Å². The summed E-state index contributed by atoms with van der Waals surface area (Å²) in [4.78, 5) is 36.5. The number of halogens is 1. The second-order valence-electron chi connectivity index (χ2n) is 8.53. The van der Waals surface area contributed by atoms with Crippen molar-refractivity contribution >= 4 is 39.6 Å². The zero-order valence-electron chi connectivity index (χ0n) is 18.6. The van der Waals surface area contributed by atoms with Crippen LogP contribution in [0.15, 0.2) is 71.2 Å². The van der Waals surface area contributed by atoms with Crippen molar-refractivity contribution in [3.05, 3.63) is 87.9 Å². The lowest BCUT2D eigenvalue weighted by atomic mass is 9.98. The van der Waals surface area contributed by atoms with Crippen molar-refractivity contribution in [3.8, 4) is 11.1 Å². The van der Waals surface area contributed by atoms with E-state index in [1.54, 1.807) is 12.1 Å². The minimum Gasteiger partial charge on any atom is -0.480 e. The highest BCUT2D eigenvalue weighted by atomic mass is 79.9. The molecule has 0 radical (unpaired) electrons. The number of carbonyl (C=O) groups is 3. The van der Waals surface area contributed by atoms with Crippen LogP contribution in [0.2, 0.25) is 0 Å². The minimum atomic E-state index is -1.45. The molecule has 1 aliphatic carbocycles. The van der Waals surface area contributed by atoms with Crippen LogP contribution in [0.3, 0.4) is 0 Å². The molecular formula is C26H23BrN2O5. The Bertz CT molecular complexity index is 1240. The number of hydrogen-bond acceptors (Lipinski definition) is 4. The molecule has 4 rings (SSSR count). The number of hydrogen-bond donors (Lipinski definition) is 3. The molecule has 0 unspecified atom stereocenters. The van der Waals surface area contributed by atoms with Gasteiger partial charge in [0.15, 0.2) is 0 Å². The molecule has 0 aliphatic heterocycles. The van der Waals surface area contributed by atoms with Gasteiger partial charge in [-0.2, -0.15) is 0 Å². The van der Waals surface area contributed by atoms with Gasteiger partial charge in [0.25, 0.3) is 5.91 Å². The van der Waals surface area contributed by atoms with Gasteiger partial charge in [-0.1, -0.05) is 48.5 Å². The lowest BCUT2D eigenvalue weighted by molar-refractivity contribution is -0.143. The summed E-state index contributed by atoms with van der Waals surface area (Å²) in [6.45, 7) is 2.94. The number of fused-ring (bicyclic) bond motifs is 3. The standard InChI is InChI=1S/C26H23BrN2O5/c1-26(2,24(31)32)29-23(30)20-13-15(11-12-22(20)27)28-25(33)34-14-21-18-9-5-3-7-16(18)17-8-4-6-10-19(17)21/h3-13,21H,14H2,1-2H3,(H,28,33)(H,29,30)(H,31,32). The average molecular weight is 523 g/mol. The predicted octanol–water partition coefficient (Wildman–Crippen LogP) is 5.40. The molecule has 0 aromatic heterocycles. The molecular weight excluding hydrogens is 500 g/mol. The third-order valence-electron chi connectivity index (χ3n) is 5.76. The lowest BCUT2D eigenvalue weighted by Crippen LogP contribution is -2.49. The molecule has 0 atom stereocenters. The van der Waals surface area contributed by atoms with Gasteiger partial charge in [-0.25, -0.2) is 9.59 Å². The van der Waals surface area contributed by atoms with E-state index in [1.807, 2.05) is 36.4 Å². The van der Waals surface area contributed by atoms with Crippen LogP contribution in [0.25, 0.3) is 11.1 Å². The fourth-order valence-corrected chi connectivity index (χ4v) is 4.36. The summed E-state index contributed by atoms with van der Waals surface area (Å²) in [6.07, 6.45) is -0.651. The third-order valence-corrected chi connectivity index (χ3v) is 6.45. The second-order valence-corrected chi connectivity index (χ2v) is 9.38. The minimum absolute atomic E-state index is 0.0670. The highest BCUT2D eigenvalue weighted by Gasteiger charge is 2.31. The summed E-state index contributed by atoms with van der Waals surface area (Å²) in [5, 5.41) is 14.4. The molecule has 0 spiro atoms. The summed E-state index contributed by atoms with van der Waals surface area (Å²) >= 11 is 3.30. The Labute approximate surface area is 205 Å². The Morgan fingerprint density at radius 1 is 0.971 bits per heavy atom. The Kier molecular flexibility index (Phi) is 6.43. The van der Waals surface area contributed by atoms with Crippen LogP contribution >= 0.6 is 15.9 Å². The highest BCUT2D eigenvalue weighted by molar-refractivity contribution is 9.10. The summed E-state index contributed by atoms with van der Waals surface area (Å²) in [5.74, 6) is -1.82. The van der Waals surface area contributed by atoms with Crippen LogP contribution in [0.5, 0.6) is 0 Å². The predicted molar refractivity (Wildman–Crippen MR) is 132 cm³/mol. The monoisotopic (exact) mass is 522 g/mol. The van der Waals surface area contributed by atoms with Gasteiger partial charge in [0.05, 0.1) is 5.56 Å². The van der Waals surface area contributed by atoms with E-state index in [4.69, 9.17) is 4.74 Å². The van der Waals surface area contributed by atoms with Gasteiger partial charge >= 0.3 is 12.1 Å². The van der Waals surface area contributed by atoms with Crippen LogP contribution in [0.1, 0.15) is 41.3 Å². The van der Waals surface area contributed by atoms with E-state index in [2.05, 4.69) is 38.7 Å². The van der Waals surface area contributed by atoms with Crippen LogP contribution in [-0.4, -0.2) is 35.2 Å². The molecule has 3 aromatic carbocycles.